The van der Waals surface area contributed by atoms with Crippen molar-refractivity contribution in [1.82, 2.24) is 5.43 Å². The second kappa shape index (κ2) is 5.70. The molecule has 1 aromatic heterocycles. The van der Waals surface area contributed by atoms with Crippen molar-refractivity contribution in [1.29, 1.82) is 0 Å². The van der Waals surface area contributed by atoms with E-state index in [1.807, 2.05) is 11.4 Å². The third-order valence-corrected chi connectivity index (χ3v) is 5.66. The second-order valence-corrected chi connectivity index (χ2v) is 6.66. The molecule has 1 heterocycles. The first kappa shape index (κ1) is 13.3. The molecule has 0 spiro atoms. The van der Waals surface area contributed by atoms with Crippen molar-refractivity contribution in [2.45, 2.75) is 39.2 Å². The van der Waals surface area contributed by atoms with Gasteiger partial charge in [-0.3, -0.25) is 11.3 Å². The molecule has 0 saturated heterocycles. The lowest BCUT2D eigenvalue weighted by Crippen LogP contribution is -2.36. The van der Waals surface area contributed by atoms with Gasteiger partial charge < -0.3 is 0 Å². The standard InChI is InChI=1S/C13H21ClN2S/c1-8-3-4-10(7-9(8)2)12(16-15)13-11(14)5-6-17-13/h5-6,8-10,12,16H,3-4,7,15H2,1-2H3. The third-order valence-electron chi connectivity index (χ3n) is 4.22. The Hall–Kier alpha value is -0.0900. The van der Waals surface area contributed by atoms with Crippen LogP contribution in [0.25, 0.3) is 0 Å². The molecule has 0 amide bonds. The Morgan fingerprint density at radius 1 is 1.41 bits per heavy atom. The smallest absolute Gasteiger partial charge is 0.0596 e. The van der Waals surface area contributed by atoms with Crippen molar-refractivity contribution in [2.75, 3.05) is 0 Å². The third kappa shape index (κ3) is 2.84. The lowest BCUT2D eigenvalue weighted by Gasteiger charge is -2.36. The summed E-state index contributed by atoms with van der Waals surface area (Å²) in [5.74, 6) is 7.97. The van der Waals surface area contributed by atoms with Gasteiger partial charge in [-0.1, -0.05) is 31.9 Å². The Kier molecular flexibility index (Phi) is 4.47. The highest BCUT2D eigenvalue weighted by Gasteiger charge is 2.31. The number of nitrogens with two attached hydrogens (primary N) is 1. The summed E-state index contributed by atoms with van der Waals surface area (Å²) in [5.41, 5.74) is 2.98. The van der Waals surface area contributed by atoms with Gasteiger partial charge in [0, 0.05) is 4.88 Å². The van der Waals surface area contributed by atoms with Crippen LogP contribution in [-0.4, -0.2) is 0 Å². The monoisotopic (exact) mass is 272 g/mol. The van der Waals surface area contributed by atoms with E-state index in [2.05, 4.69) is 19.3 Å². The van der Waals surface area contributed by atoms with Crippen LogP contribution in [0.2, 0.25) is 5.02 Å². The van der Waals surface area contributed by atoms with Gasteiger partial charge in [0.15, 0.2) is 0 Å². The molecule has 1 aromatic rings. The molecule has 1 aliphatic rings. The van der Waals surface area contributed by atoms with E-state index in [9.17, 15) is 0 Å². The van der Waals surface area contributed by atoms with E-state index < -0.39 is 0 Å². The van der Waals surface area contributed by atoms with Gasteiger partial charge in [0.05, 0.1) is 11.1 Å². The molecule has 1 aliphatic carbocycles. The maximum absolute atomic E-state index is 6.21. The average molecular weight is 273 g/mol. The first-order valence-electron chi connectivity index (χ1n) is 6.32. The number of nitrogens with one attached hydrogen (secondary N) is 1. The molecule has 2 nitrogen and oxygen atoms in total. The number of rotatable bonds is 3. The van der Waals surface area contributed by atoms with Crippen LogP contribution >= 0.6 is 22.9 Å². The molecule has 1 saturated carbocycles. The molecule has 1 fully saturated rings. The fourth-order valence-corrected chi connectivity index (χ4v) is 4.17. The molecular weight excluding hydrogens is 252 g/mol. The zero-order valence-electron chi connectivity index (χ0n) is 10.4. The maximum Gasteiger partial charge on any atom is 0.0596 e. The van der Waals surface area contributed by atoms with Crippen LogP contribution in [-0.2, 0) is 0 Å². The molecule has 0 aromatic carbocycles. The van der Waals surface area contributed by atoms with Gasteiger partial charge >= 0.3 is 0 Å². The lowest BCUT2D eigenvalue weighted by atomic mass is 9.73. The summed E-state index contributed by atoms with van der Waals surface area (Å²) in [6, 6.07) is 2.18. The normalized spacial score (nSPS) is 31.4. The molecule has 4 heteroatoms. The molecule has 4 atom stereocenters. The lowest BCUT2D eigenvalue weighted by molar-refractivity contribution is 0.173. The number of halogens is 1. The Balaban J connectivity index is 2.12. The zero-order chi connectivity index (χ0) is 12.4. The van der Waals surface area contributed by atoms with Crippen LogP contribution < -0.4 is 11.3 Å². The SMILES string of the molecule is CC1CCC(C(NN)c2sccc2Cl)CC1C. The number of hydrogen-bond acceptors (Lipinski definition) is 3. The fraction of sp³-hybridized carbons (Fsp3) is 0.692. The van der Waals surface area contributed by atoms with E-state index in [-0.39, 0.29) is 6.04 Å². The minimum atomic E-state index is 0.220. The van der Waals surface area contributed by atoms with Crippen molar-refractivity contribution >= 4 is 22.9 Å². The topological polar surface area (TPSA) is 38.0 Å². The molecule has 96 valence electrons. The van der Waals surface area contributed by atoms with Gasteiger partial charge in [-0.15, -0.1) is 11.3 Å². The van der Waals surface area contributed by atoms with E-state index in [0.717, 1.165) is 16.9 Å². The Morgan fingerprint density at radius 2 is 2.18 bits per heavy atom. The summed E-state index contributed by atoms with van der Waals surface area (Å²) in [6.45, 7) is 4.70. The van der Waals surface area contributed by atoms with Crippen molar-refractivity contribution in [3.63, 3.8) is 0 Å². The molecule has 3 N–H and O–H groups in total. The zero-order valence-corrected chi connectivity index (χ0v) is 12.0. The van der Waals surface area contributed by atoms with Gasteiger partial charge in [0.25, 0.3) is 0 Å². The van der Waals surface area contributed by atoms with Crippen LogP contribution in [0.15, 0.2) is 11.4 Å². The predicted octanol–water partition coefficient (Wildman–Crippen LogP) is 3.98. The highest BCUT2D eigenvalue weighted by molar-refractivity contribution is 7.10. The van der Waals surface area contributed by atoms with Crippen LogP contribution in [0.1, 0.15) is 44.0 Å². The maximum atomic E-state index is 6.21. The van der Waals surface area contributed by atoms with E-state index in [0.29, 0.717) is 5.92 Å². The molecule has 0 bridgehead atoms. The van der Waals surface area contributed by atoms with Crippen LogP contribution in [0, 0.1) is 17.8 Å². The molecular formula is C13H21ClN2S. The number of thiophene rings is 1. The van der Waals surface area contributed by atoms with Crippen molar-refractivity contribution in [2.24, 2.45) is 23.6 Å². The predicted molar refractivity (Wildman–Crippen MR) is 75.1 cm³/mol. The van der Waals surface area contributed by atoms with Gasteiger partial charge in [-0.25, -0.2) is 0 Å². The summed E-state index contributed by atoms with van der Waals surface area (Å²) >= 11 is 7.92. The minimum Gasteiger partial charge on any atom is -0.271 e. The number of hydrazine groups is 1. The molecule has 2 rings (SSSR count). The van der Waals surface area contributed by atoms with Crippen LogP contribution in [0.3, 0.4) is 0 Å². The first-order valence-corrected chi connectivity index (χ1v) is 7.58. The Labute approximate surface area is 113 Å². The second-order valence-electron chi connectivity index (χ2n) is 5.30. The molecule has 0 radical (unpaired) electrons. The van der Waals surface area contributed by atoms with Crippen molar-refractivity contribution in [3.8, 4) is 0 Å². The highest BCUT2D eigenvalue weighted by atomic mass is 35.5. The highest BCUT2D eigenvalue weighted by Crippen LogP contribution is 2.42. The van der Waals surface area contributed by atoms with Crippen molar-refractivity contribution < 1.29 is 0 Å². The summed E-state index contributed by atoms with van der Waals surface area (Å²) in [5, 5.41) is 2.89. The number of hydrogen-bond donors (Lipinski definition) is 2. The Bertz CT molecular complexity index is 366. The summed E-state index contributed by atoms with van der Waals surface area (Å²) in [6.07, 6.45) is 3.78. The van der Waals surface area contributed by atoms with Gasteiger partial charge in [0.2, 0.25) is 0 Å². The van der Waals surface area contributed by atoms with E-state index in [1.165, 1.54) is 24.1 Å². The van der Waals surface area contributed by atoms with Crippen LogP contribution in [0.5, 0.6) is 0 Å². The quantitative estimate of drug-likeness (QED) is 0.645. The summed E-state index contributed by atoms with van der Waals surface area (Å²) in [4.78, 5) is 1.20. The Morgan fingerprint density at radius 3 is 2.71 bits per heavy atom. The summed E-state index contributed by atoms with van der Waals surface area (Å²) < 4.78 is 0. The molecule has 4 unspecified atom stereocenters. The van der Waals surface area contributed by atoms with E-state index >= 15 is 0 Å². The van der Waals surface area contributed by atoms with Gasteiger partial charge in [0.1, 0.15) is 0 Å². The molecule has 17 heavy (non-hydrogen) atoms. The average Bonchev–Trinajstić information content (AvgIpc) is 2.71. The van der Waals surface area contributed by atoms with Crippen molar-refractivity contribution in [3.05, 3.63) is 21.3 Å². The minimum absolute atomic E-state index is 0.220. The van der Waals surface area contributed by atoms with E-state index in [1.54, 1.807) is 11.3 Å². The molecule has 0 aliphatic heterocycles. The largest absolute Gasteiger partial charge is 0.271 e. The fourth-order valence-electron chi connectivity index (χ4n) is 2.85. The van der Waals surface area contributed by atoms with Crippen LogP contribution in [0.4, 0.5) is 0 Å². The van der Waals surface area contributed by atoms with Gasteiger partial charge in [-0.2, -0.15) is 0 Å². The summed E-state index contributed by atoms with van der Waals surface area (Å²) in [7, 11) is 0. The first-order chi connectivity index (χ1) is 8.13. The van der Waals surface area contributed by atoms with Gasteiger partial charge in [-0.05, 0) is 42.0 Å². The van der Waals surface area contributed by atoms with E-state index in [4.69, 9.17) is 17.4 Å².